The van der Waals surface area contributed by atoms with Gasteiger partial charge in [0.2, 0.25) is 0 Å². The molecule has 840 valence electrons. The van der Waals surface area contributed by atoms with E-state index in [1.807, 2.05) is 0 Å². The van der Waals surface area contributed by atoms with Gasteiger partial charge in [0, 0.05) is 0 Å². The van der Waals surface area contributed by atoms with Crippen molar-refractivity contribution in [2.75, 3.05) is 85.9 Å². The maximum atomic E-state index is 11.1. The molecule has 13 saturated heterocycles. The quantitative estimate of drug-likeness (QED) is 0.0275. The fraction of sp³-hybridized carbons (Fsp3) is 1.00. The molecule has 144 heavy (non-hydrogen) atoms. The molecule has 65 atom stereocenters. The van der Waals surface area contributed by atoms with Crippen molar-refractivity contribution in [3.8, 4) is 0 Å². The van der Waals surface area contributed by atoms with Gasteiger partial charge in [-0.25, -0.2) is 0 Å². The summed E-state index contributed by atoms with van der Waals surface area (Å²) in [6, 6.07) is 0. The molecule has 66 heteroatoms. The summed E-state index contributed by atoms with van der Waals surface area (Å²) >= 11 is 0. The molecule has 13 heterocycles. The lowest BCUT2D eigenvalue weighted by Gasteiger charge is -2.45. The van der Waals surface area contributed by atoms with Gasteiger partial charge in [0.05, 0.1) is 85.9 Å². The van der Waals surface area contributed by atoms with Gasteiger partial charge in [0.1, 0.15) is 317 Å². The summed E-state index contributed by atoms with van der Waals surface area (Å²) in [5, 5.41) is 440. The van der Waals surface area contributed by atoms with Gasteiger partial charge in [-0.15, -0.1) is 0 Å². The summed E-state index contributed by atoms with van der Waals surface area (Å²) < 4.78 is 139. The third-order valence-corrected chi connectivity index (χ3v) is 27.0. The number of aliphatic hydroxyl groups excluding tert-OH is 41. The second-order valence-electron chi connectivity index (χ2n) is 36.9. The predicted octanol–water partition coefficient (Wildman–Crippen LogP) is -29.3. The van der Waals surface area contributed by atoms with Crippen molar-refractivity contribution in [3.05, 3.63) is 0 Å². The van der Waals surface area contributed by atoms with E-state index in [1.54, 1.807) is 0 Å². The Kier molecular flexibility index (Phi) is 42.2. The van der Waals surface area contributed by atoms with E-state index >= 15 is 0 Å². The van der Waals surface area contributed by atoms with Crippen LogP contribution in [0.1, 0.15) is 0 Å². The van der Waals surface area contributed by atoms with Crippen LogP contribution in [0, 0.1) is 0 Å². The van der Waals surface area contributed by atoms with Crippen molar-refractivity contribution in [2.24, 2.45) is 0 Å². The van der Waals surface area contributed by atoms with Crippen molar-refractivity contribution in [1.29, 1.82) is 0 Å². The van der Waals surface area contributed by atoms with Crippen molar-refractivity contribution in [2.45, 2.75) is 399 Å². The Labute approximate surface area is 810 Å². The average Bonchev–Trinajstić information content (AvgIpc) is 0.786. The Morgan fingerprint density at radius 2 is 0.194 bits per heavy atom. The van der Waals surface area contributed by atoms with Crippen LogP contribution in [0.2, 0.25) is 0 Å². The first-order valence-corrected chi connectivity index (χ1v) is 45.7. The summed E-state index contributed by atoms with van der Waals surface area (Å²) in [7, 11) is 0. The van der Waals surface area contributed by atoms with Gasteiger partial charge < -0.3 is 328 Å². The maximum absolute atomic E-state index is 11.1. The summed E-state index contributed by atoms with van der Waals surface area (Å²) in [6.45, 7) is -11.6. The molecule has 0 aromatic rings. The SMILES string of the molecule is OC[C@H]1O[C@@H](OC[C@H]2O[C@@H](OC[C@H]3O[C@@H](OC[C@H]4O[C@@H](OC[C@H]5O[C@@H](OC[C@H]6O[C@@H](OC[C@H]7O[C@@H](OC[C@H]8O[C@@H](OC[C@H]9O[C@@H](OC[C@H]%10O[C@@H](OC[C@H]%11O[C@@H](OC[C@H]%12O[C@@H](OC[C@H]%13OC(O)[C@H](O)[C@@H](O)[C@@H]%13O)[C@H](O)[C@@H](O)[C@@H]%12O)[C@H](O)[C@@H](O)[C@@H]%11O)[C@H](O)[C@@H](O)[C@@H]%10O)[C@H](O)[C@@H](O)[C@@H]9O)[C@H](O)[C@@H](O)[C@@H]8O)[C@H](O)[C@@H](O)[C@@H]7O)[C@H](O)[C@@H](O)[C@@H]6O)[C@H](O)[C@@H](O)[C@@H]5O)[C@H](O)[C@@H](O)[C@@H]4O)[C@H](O)[C@@H](O)[C@@H]3O)[C@H](O)[C@@H](O)[C@@H]2O)[C@H](O)[C@@H](O)[C@@H]1O. The molecule has 41 N–H and O–H groups in total. The molecule has 0 bridgehead atoms. The largest absolute Gasteiger partial charge is 0.394 e. The fourth-order valence-electron chi connectivity index (χ4n) is 17.7. The lowest BCUT2D eigenvalue weighted by molar-refractivity contribution is -0.356. The monoisotopic (exact) mass is 2120 g/mol. The normalized spacial score (nSPS) is 53.9. The highest BCUT2D eigenvalue weighted by molar-refractivity contribution is 5.02. The van der Waals surface area contributed by atoms with Crippen molar-refractivity contribution in [1.82, 2.24) is 0 Å². The number of aliphatic hydroxyl groups is 41. The van der Waals surface area contributed by atoms with Gasteiger partial charge in [0.15, 0.2) is 81.8 Å². The zero-order valence-electron chi connectivity index (χ0n) is 75.3. The first-order valence-electron chi connectivity index (χ1n) is 45.7. The van der Waals surface area contributed by atoms with Gasteiger partial charge in [-0.05, 0) is 0 Å². The molecule has 13 rings (SSSR count). The molecule has 13 aliphatic heterocycles. The summed E-state index contributed by atoms with van der Waals surface area (Å²) in [5.74, 6) is 0. The Bertz CT molecular complexity index is 3600. The third-order valence-electron chi connectivity index (χ3n) is 27.0. The minimum Gasteiger partial charge on any atom is -0.394 e. The van der Waals surface area contributed by atoms with Crippen molar-refractivity contribution in [3.63, 3.8) is 0 Å². The average molecular weight is 2130 g/mol. The second kappa shape index (κ2) is 51.4. The van der Waals surface area contributed by atoms with Crippen LogP contribution in [-0.4, -0.2) is 694 Å². The first-order chi connectivity index (χ1) is 68.0. The Morgan fingerprint density at radius 1 is 0.104 bits per heavy atom. The number of rotatable bonds is 37. The molecule has 0 amide bonds. The van der Waals surface area contributed by atoms with Crippen LogP contribution in [0.15, 0.2) is 0 Å². The molecular weight excluding hydrogens is 1990 g/mol. The molecule has 13 fully saturated rings. The number of hydrogen-bond donors (Lipinski definition) is 41. The van der Waals surface area contributed by atoms with E-state index in [-0.39, 0.29) is 0 Å². The summed E-state index contributed by atoms with van der Waals surface area (Å²) in [6.07, 6.45) is -128. The van der Waals surface area contributed by atoms with E-state index in [0.29, 0.717) is 0 Å². The Morgan fingerprint density at radius 3 is 0.306 bits per heavy atom. The molecule has 0 aromatic heterocycles. The van der Waals surface area contributed by atoms with Gasteiger partial charge in [-0.3, -0.25) is 0 Å². The molecule has 0 spiro atoms. The van der Waals surface area contributed by atoms with E-state index in [1.165, 1.54) is 0 Å². The predicted molar refractivity (Wildman–Crippen MR) is 428 cm³/mol. The fourth-order valence-corrected chi connectivity index (χ4v) is 17.7. The zero-order chi connectivity index (χ0) is 105. The van der Waals surface area contributed by atoms with Gasteiger partial charge in [0.25, 0.3) is 0 Å². The van der Waals surface area contributed by atoms with Gasteiger partial charge in [-0.2, -0.15) is 0 Å². The Balaban J connectivity index is 0.544. The zero-order valence-corrected chi connectivity index (χ0v) is 75.3. The van der Waals surface area contributed by atoms with E-state index in [9.17, 15) is 209 Å². The molecule has 0 aliphatic carbocycles. The van der Waals surface area contributed by atoms with Crippen LogP contribution < -0.4 is 0 Å². The Hall–Kier alpha value is -2.64. The number of hydrogen-bond acceptors (Lipinski definition) is 66. The third kappa shape index (κ3) is 26.2. The highest BCUT2D eigenvalue weighted by Crippen LogP contribution is 2.38. The van der Waals surface area contributed by atoms with Gasteiger partial charge >= 0.3 is 0 Å². The van der Waals surface area contributed by atoms with E-state index in [2.05, 4.69) is 0 Å². The highest BCUT2D eigenvalue weighted by atomic mass is 16.8. The smallest absolute Gasteiger partial charge is 0.186 e. The highest BCUT2D eigenvalue weighted by Gasteiger charge is 2.59. The van der Waals surface area contributed by atoms with E-state index in [0.717, 1.165) is 0 Å². The van der Waals surface area contributed by atoms with E-state index < -0.39 is 485 Å². The minimum absolute atomic E-state index is 0.754. The second-order valence-corrected chi connectivity index (χ2v) is 36.9. The number of ether oxygens (including phenoxy) is 25. The standard InChI is InChI=1S/C78H132O66/c79-1-14-27(80)41(94)54(107)67(133-14)121-3-16-29(82)43(96)56(109)69(135-16)123-5-18-31(84)45(98)58(111)71(137-18)125-7-20-33(86)47(100)60(113)73(139-20)127-9-22-35(88)49(102)62(115)75(141-22)129-11-24-37(90)51(104)64(117)77(143-24)131-13-26-39(92)52(105)65(118)78(144-26)130-12-25-38(91)50(103)63(116)76(142-25)128-10-23-36(89)48(101)61(114)74(140-23)126-8-21-34(87)46(99)59(112)72(138-21)124-6-19-32(85)44(97)57(110)70(136-19)122-4-17-30(83)42(95)55(108)68(134-17)120-2-15-28(81)40(93)53(106)66(119)132-15/h14-119H,1-13H2/t14-,15-,16-,17-,18-,19-,20-,21-,22-,23-,24-,25-,26-,27-,28-,29-,30-,31-,32-,33-,34-,35-,36-,37-,38-,39-,40+,41+,42+,43+,44+,45+,46+,47+,48+,49+,50+,51+,52+,53-,54-,55-,56-,57-,58-,59-,60-,61-,62-,63-,64-,65-,66?,67-,68-,69-,70-,71-,72-,73-,74-,75-,76-,77-,78-/m1/s1. The van der Waals surface area contributed by atoms with Crippen LogP contribution in [0.5, 0.6) is 0 Å². The summed E-state index contributed by atoms with van der Waals surface area (Å²) in [4.78, 5) is 0. The molecular formula is C78H132O66. The first kappa shape index (κ1) is 118. The van der Waals surface area contributed by atoms with Crippen LogP contribution in [0.25, 0.3) is 0 Å². The molecule has 0 radical (unpaired) electrons. The molecule has 0 saturated carbocycles. The lowest BCUT2D eigenvalue weighted by atomic mass is 9.97. The minimum atomic E-state index is -2.19. The lowest BCUT2D eigenvalue weighted by Crippen LogP contribution is -2.64. The molecule has 13 aliphatic rings. The van der Waals surface area contributed by atoms with E-state index in [4.69, 9.17) is 118 Å². The molecule has 66 nitrogen and oxygen atoms in total. The molecule has 1 unspecified atom stereocenters. The van der Waals surface area contributed by atoms with Crippen molar-refractivity contribution >= 4 is 0 Å². The van der Waals surface area contributed by atoms with Crippen LogP contribution in [0.4, 0.5) is 0 Å². The maximum Gasteiger partial charge on any atom is 0.186 e. The van der Waals surface area contributed by atoms with Crippen LogP contribution >= 0.6 is 0 Å². The molecule has 0 aromatic carbocycles. The van der Waals surface area contributed by atoms with Gasteiger partial charge in [-0.1, -0.05) is 0 Å². The van der Waals surface area contributed by atoms with Crippen LogP contribution in [0.3, 0.4) is 0 Å². The van der Waals surface area contributed by atoms with Crippen LogP contribution in [-0.2, 0) is 118 Å². The topological polar surface area (TPSA) is 1060 Å². The summed E-state index contributed by atoms with van der Waals surface area (Å²) in [5.41, 5.74) is 0. The van der Waals surface area contributed by atoms with Crippen molar-refractivity contribution < 1.29 is 328 Å².